The number of amides is 1. The van der Waals surface area contributed by atoms with Gasteiger partial charge in [-0.15, -0.1) is 0 Å². The van der Waals surface area contributed by atoms with Gasteiger partial charge in [-0.2, -0.15) is 0 Å². The van der Waals surface area contributed by atoms with E-state index in [1.54, 1.807) is 23.1 Å². The molecule has 3 aromatic rings. The number of anilines is 1. The molecule has 0 saturated heterocycles. The van der Waals surface area contributed by atoms with Crippen LogP contribution in [-0.4, -0.2) is 17.4 Å². The fraction of sp³-hybridized carbons (Fsp3) is 0.154. The van der Waals surface area contributed by atoms with Crippen molar-refractivity contribution in [3.05, 3.63) is 101 Å². The first kappa shape index (κ1) is 21.4. The van der Waals surface area contributed by atoms with E-state index < -0.39 is 23.1 Å². The number of hydrogen-bond donors (Lipinski definition) is 0. The molecule has 6 heteroatoms. The summed E-state index contributed by atoms with van der Waals surface area (Å²) in [6.07, 6.45) is 1.96. The van der Waals surface area contributed by atoms with Gasteiger partial charge in [-0.1, -0.05) is 6.08 Å². The van der Waals surface area contributed by atoms with Crippen LogP contribution < -0.4 is 9.64 Å². The molecule has 0 aromatic heterocycles. The lowest BCUT2D eigenvalue weighted by molar-refractivity contribution is 0.0734. The van der Waals surface area contributed by atoms with Gasteiger partial charge in [-0.25, -0.2) is 13.6 Å². The molecule has 0 N–H and O–H groups in total. The molecule has 1 amide bonds. The number of carbonyl (C=O) groups is 2. The number of halogens is 2. The number of fused-ring (bicyclic) bond motifs is 1. The van der Waals surface area contributed by atoms with Gasteiger partial charge >= 0.3 is 5.97 Å². The first-order valence-electron chi connectivity index (χ1n) is 10.1. The third-order valence-corrected chi connectivity index (χ3v) is 5.36. The van der Waals surface area contributed by atoms with Gasteiger partial charge in [0.1, 0.15) is 17.4 Å². The lowest BCUT2D eigenvalue weighted by Gasteiger charge is -2.41. The maximum Gasteiger partial charge on any atom is 0.343 e. The molecule has 32 heavy (non-hydrogen) atoms. The molecule has 162 valence electrons. The molecule has 0 atom stereocenters. The van der Waals surface area contributed by atoms with Gasteiger partial charge in [0.2, 0.25) is 0 Å². The van der Waals surface area contributed by atoms with Gasteiger partial charge in [0.15, 0.2) is 0 Å². The summed E-state index contributed by atoms with van der Waals surface area (Å²) >= 11 is 0. The van der Waals surface area contributed by atoms with Crippen molar-refractivity contribution in [2.75, 3.05) is 4.90 Å². The number of ether oxygens (including phenoxy) is 1. The minimum absolute atomic E-state index is 0.227. The molecular formula is C26H21F2NO3. The highest BCUT2D eigenvalue weighted by molar-refractivity contribution is 6.10. The van der Waals surface area contributed by atoms with Crippen molar-refractivity contribution in [2.45, 2.75) is 26.3 Å². The van der Waals surface area contributed by atoms with Crippen LogP contribution in [0.25, 0.3) is 5.57 Å². The summed E-state index contributed by atoms with van der Waals surface area (Å²) in [4.78, 5) is 27.4. The van der Waals surface area contributed by atoms with Crippen LogP contribution in [0.15, 0.2) is 72.8 Å². The standard InChI is InChI=1S/C26H21F2NO3/c1-16-15-26(2,3)29(24(30)17-4-8-19(27)9-5-17)23-13-12-21(14-22(16)23)32-25(31)18-6-10-20(28)11-7-18/h4-15H,1-3H3. The maximum absolute atomic E-state index is 13.3. The van der Waals surface area contributed by atoms with Gasteiger partial charge < -0.3 is 4.74 Å². The van der Waals surface area contributed by atoms with Crippen molar-refractivity contribution in [3.8, 4) is 5.75 Å². The van der Waals surface area contributed by atoms with E-state index >= 15 is 0 Å². The second-order valence-electron chi connectivity index (χ2n) is 8.20. The first-order valence-corrected chi connectivity index (χ1v) is 10.1. The Balaban J connectivity index is 1.68. The molecule has 0 spiro atoms. The Morgan fingerprint density at radius 3 is 2.00 bits per heavy atom. The summed E-state index contributed by atoms with van der Waals surface area (Å²) in [6.45, 7) is 5.76. The molecule has 3 aromatic carbocycles. The van der Waals surface area contributed by atoms with Crippen molar-refractivity contribution in [1.29, 1.82) is 0 Å². The lowest BCUT2D eigenvalue weighted by Crippen LogP contribution is -2.49. The molecule has 0 saturated carbocycles. The van der Waals surface area contributed by atoms with Crippen LogP contribution in [0, 0.1) is 11.6 Å². The van der Waals surface area contributed by atoms with Crippen molar-refractivity contribution >= 4 is 23.1 Å². The third kappa shape index (κ3) is 4.04. The molecule has 1 aliphatic heterocycles. The van der Waals surface area contributed by atoms with Gasteiger partial charge in [-0.05, 0) is 93.1 Å². The predicted molar refractivity (Wildman–Crippen MR) is 119 cm³/mol. The number of hydrogen-bond acceptors (Lipinski definition) is 3. The zero-order valence-electron chi connectivity index (χ0n) is 17.9. The summed E-state index contributed by atoms with van der Waals surface area (Å²) in [7, 11) is 0. The van der Waals surface area contributed by atoms with Crippen molar-refractivity contribution in [3.63, 3.8) is 0 Å². The quantitative estimate of drug-likeness (QED) is 0.374. The summed E-state index contributed by atoms with van der Waals surface area (Å²) in [5.74, 6) is -1.43. The average Bonchev–Trinajstić information content (AvgIpc) is 2.74. The summed E-state index contributed by atoms with van der Waals surface area (Å²) in [5, 5.41) is 0. The second-order valence-corrected chi connectivity index (χ2v) is 8.20. The number of rotatable bonds is 3. The van der Waals surface area contributed by atoms with E-state index in [2.05, 4.69) is 0 Å². The molecule has 0 bridgehead atoms. The Labute approximate surface area is 184 Å². The van der Waals surface area contributed by atoms with Crippen molar-refractivity contribution in [2.24, 2.45) is 0 Å². The Morgan fingerprint density at radius 1 is 0.844 bits per heavy atom. The lowest BCUT2D eigenvalue weighted by atomic mass is 9.88. The minimum atomic E-state index is -0.630. The van der Waals surface area contributed by atoms with E-state index in [1.807, 2.05) is 26.8 Å². The SMILES string of the molecule is CC1=CC(C)(C)N(C(=O)c2ccc(F)cc2)c2ccc(OC(=O)c3ccc(F)cc3)cc21. The molecule has 0 aliphatic carbocycles. The highest BCUT2D eigenvalue weighted by Crippen LogP contribution is 2.41. The minimum Gasteiger partial charge on any atom is -0.423 e. The molecule has 0 fully saturated rings. The van der Waals surface area contributed by atoms with E-state index in [1.165, 1.54) is 48.5 Å². The Kier molecular flexibility index (Phi) is 5.38. The summed E-state index contributed by atoms with van der Waals surface area (Å²) < 4.78 is 31.9. The summed E-state index contributed by atoms with van der Waals surface area (Å²) in [6, 6.07) is 15.5. The Morgan fingerprint density at radius 2 is 1.41 bits per heavy atom. The topological polar surface area (TPSA) is 46.6 Å². The zero-order valence-corrected chi connectivity index (χ0v) is 17.9. The van der Waals surface area contributed by atoms with Crippen LogP contribution in [-0.2, 0) is 0 Å². The van der Waals surface area contributed by atoms with Crippen LogP contribution in [0.4, 0.5) is 14.5 Å². The number of esters is 1. The van der Waals surface area contributed by atoms with E-state index in [4.69, 9.17) is 4.74 Å². The predicted octanol–water partition coefficient (Wildman–Crippen LogP) is 6.03. The van der Waals surface area contributed by atoms with E-state index in [0.717, 1.165) is 11.1 Å². The molecular weight excluding hydrogens is 412 g/mol. The van der Waals surface area contributed by atoms with Crippen molar-refractivity contribution < 1.29 is 23.1 Å². The number of benzene rings is 3. The first-order chi connectivity index (χ1) is 15.2. The van der Waals surface area contributed by atoms with Crippen LogP contribution >= 0.6 is 0 Å². The maximum atomic E-state index is 13.3. The van der Waals surface area contributed by atoms with Crippen LogP contribution in [0.3, 0.4) is 0 Å². The number of nitrogens with zero attached hydrogens (tertiary/aromatic N) is 1. The van der Waals surface area contributed by atoms with Crippen LogP contribution in [0.1, 0.15) is 47.1 Å². The van der Waals surface area contributed by atoms with Gasteiger partial charge in [0.05, 0.1) is 16.8 Å². The van der Waals surface area contributed by atoms with Gasteiger partial charge in [-0.3, -0.25) is 9.69 Å². The van der Waals surface area contributed by atoms with E-state index in [9.17, 15) is 18.4 Å². The second kappa shape index (κ2) is 8.04. The van der Waals surface area contributed by atoms with Gasteiger partial charge in [0.25, 0.3) is 5.91 Å². The largest absolute Gasteiger partial charge is 0.423 e. The Bertz CT molecular complexity index is 1230. The van der Waals surface area contributed by atoms with Crippen LogP contribution in [0.5, 0.6) is 5.75 Å². The average molecular weight is 433 g/mol. The zero-order chi connectivity index (χ0) is 23.0. The Hall–Kier alpha value is -3.80. The number of carbonyl (C=O) groups excluding carboxylic acids is 2. The normalized spacial score (nSPS) is 14.4. The van der Waals surface area contributed by atoms with Gasteiger partial charge in [0, 0.05) is 11.1 Å². The monoisotopic (exact) mass is 433 g/mol. The molecule has 1 aliphatic rings. The third-order valence-electron chi connectivity index (χ3n) is 5.36. The fourth-order valence-electron chi connectivity index (χ4n) is 3.92. The highest BCUT2D eigenvalue weighted by atomic mass is 19.1. The molecule has 1 heterocycles. The smallest absolute Gasteiger partial charge is 0.343 e. The highest BCUT2D eigenvalue weighted by Gasteiger charge is 2.36. The molecule has 4 rings (SSSR count). The molecule has 4 nitrogen and oxygen atoms in total. The van der Waals surface area contributed by atoms with E-state index in [0.29, 0.717) is 17.0 Å². The van der Waals surface area contributed by atoms with Crippen LogP contribution in [0.2, 0.25) is 0 Å². The van der Waals surface area contributed by atoms with Crippen molar-refractivity contribution in [1.82, 2.24) is 0 Å². The number of allylic oxidation sites excluding steroid dienone is 1. The van der Waals surface area contributed by atoms with E-state index in [-0.39, 0.29) is 11.5 Å². The molecule has 0 unspecified atom stereocenters. The summed E-state index contributed by atoms with van der Waals surface area (Å²) in [5.41, 5.74) is 2.29. The molecule has 0 radical (unpaired) electrons. The fourth-order valence-corrected chi connectivity index (χ4v) is 3.92.